The molecule has 2 aromatic carbocycles. The van der Waals surface area contributed by atoms with Crippen molar-refractivity contribution >= 4 is 50.2 Å². The molecule has 53 heavy (non-hydrogen) atoms. The van der Waals surface area contributed by atoms with E-state index in [1.165, 1.54) is 24.2 Å². The maximum atomic E-state index is 13.9. The maximum absolute atomic E-state index is 13.9. The van der Waals surface area contributed by atoms with E-state index in [2.05, 4.69) is 43.3 Å². The summed E-state index contributed by atoms with van der Waals surface area (Å²) in [7, 11) is 0. The molecule has 1 N–H and O–H groups in total. The van der Waals surface area contributed by atoms with E-state index < -0.39 is 11.6 Å². The Morgan fingerprint density at radius 3 is 2.53 bits per heavy atom. The number of hydrogen-bond acceptors (Lipinski definition) is 10. The minimum Gasteiger partial charge on any atom is -0.455 e. The summed E-state index contributed by atoms with van der Waals surface area (Å²) in [6.07, 6.45) is 4.67. The van der Waals surface area contributed by atoms with Crippen LogP contribution in [0.5, 0.6) is 0 Å². The van der Waals surface area contributed by atoms with E-state index in [-0.39, 0.29) is 11.6 Å². The van der Waals surface area contributed by atoms with E-state index in [0.29, 0.717) is 35.9 Å². The van der Waals surface area contributed by atoms with Crippen LogP contribution >= 0.6 is 11.3 Å². The molecule has 4 aromatic heterocycles. The van der Waals surface area contributed by atoms with Crippen molar-refractivity contribution in [3.63, 3.8) is 0 Å². The van der Waals surface area contributed by atoms with Gasteiger partial charge in [-0.3, -0.25) is 10.1 Å². The van der Waals surface area contributed by atoms with Crippen LogP contribution in [0.15, 0.2) is 79.0 Å². The first kappa shape index (κ1) is 34.5. The molecule has 6 heterocycles. The second kappa shape index (κ2) is 14.1. The van der Waals surface area contributed by atoms with E-state index in [1.54, 1.807) is 6.20 Å². The van der Waals surface area contributed by atoms with Gasteiger partial charge in [-0.05, 0) is 94.5 Å². The highest BCUT2D eigenvalue weighted by molar-refractivity contribution is 7.22. The number of benzene rings is 2. The van der Waals surface area contributed by atoms with Crippen LogP contribution < -0.4 is 15.1 Å². The number of hydrogen-bond donors (Lipinski definition) is 1. The highest BCUT2D eigenvalue weighted by Gasteiger charge is 2.31. The third kappa shape index (κ3) is 7.11. The molecular formula is C41H42N8O3S. The van der Waals surface area contributed by atoms with Crippen molar-refractivity contribution in [1.29, 1.82) is 0 Å². The molecule has 270 valence electrons. The Hall–Kier alpha value is -5.62. The Morgan fingerprint density at radius 1 is 0.906 bits per heavy atom. The third-order valence-electron chi connectivity index (χ3n) is 9.64. The van der Waals surface area contributed by atoms with Crippen LogP contribution in [0.1, 0.15) is 77.0 Å². The van der Waals surface area contributed by atoms with Gasteiger partial charge in [0.2, 0.25) is 0 Å². The fourth-order valence-electron chi connectivity index (χ4n) is 7.31. The summed E-state index contributed by atoms with van der Waals surface area (Å²) in [5, 5.41) is 8.73. The van der Waals surface area contributed by atoms with Gasteiger partial charge in [-0.1, -0.05) is 47.7 Å². The normalized spacial score (nSPS) is 14.4. The molecule has 0 saturated carbocycles. The zero-order valence-electron chi connectivity index (χ0n) is 30.4. The second-order valence-corrected chi connectivity index (χ2v) is 15.6. The topological polar surface area (TPSA) is 118 Å². The minimum atomic E-state index is -0.696. The average molecular weight is 727 g/mol. The molecule has 0 radical (unpaired) electrons. The monoisotopic (exact) mass is 726 g/mol. The lowest BCUT2D eigenvalue weighted by Crippen LogP contribution is -2.34. The van der Waals surface area contributed by atoms with Gasteiger partial charge in [-0.2, -0.15) is 5.10 Å². The van der Waals surface area contributed by atoms with Crippen LogP contribution in [0.2, 0.25) is 0 Å². The molecule has 1 fully saturated rings. The number of carbonyl (C=O) groups is 2. The van der Waals surface area contributed by atoms with Gasteiger partial charge in [0.15, 0.2) is 10.8 Å². The summed E-state index contributed by atoms with van der Waals surface area (Å²) >= 11 is 1.46. The predicted octanol–water partition coefficient (Wildman–Crippen LogP) is 7.68. The van der Waals surface area contributed by atoms with E-state index in [4.69, 9.17) is 14.8 Å². The lowest BCUT2D eigenvalue weighted by atomic mass is 9.93. The number of nitrogens with one attached hydrogen (secondary N) is 1. The molecule has 6 aromatic rings. The molecule has 0 spiro atoms. The van der Waals surface area contributed by atoms with Crippen LogP contribution in [-0.4, -0.2) is 61.8 Å². The number of thiazole rings is 1. The average Bonchev–Trinajstić information content (AvgIpc) is 3.89. The van der Waals surface area contributed by atoms with Crippen LogP contribution in [0.4, 0.5) is 16.8 Å². The van der Waals surface area contributed by atoms with Crippen molar-refractivity contribution in [3.05, 3.63) is 113 Å². The summed E-state index contributed by atoms with van der Waals surface area (Å²) in [4.78, 5) is 46.4. The lowest BCUT2D eigenvalue weighted by Gasteiger charge is -2.33. The Morgan fingerprint density at radius 2 is 1.72 bits per heavy atom. The number of nitrogens with zero attached hydrogens (tertiary/aromatic N) is 7. The number of aromatic nitrogens is 5. The molecule has 0 bridgehead atoms. The van der Waals surface area contributed by atoms with Crippen molar-refractivity contribution in [2.24, 2.45) is 0 Å². The summed E-state index contributed by atoms with van der Waals surface area (Å²) < 4.78 is 8.83. The molecule has 1 saturated heterocycles. The fourth-order valence-corrected chi connectivity index (χ4v) is 8.17. The quantitative estimate of drug-likeness (QED) is 0.158. The zero-order valence-corrected chi connectivity index (χ0v) is 31.2. The van der Waals surface area contributed by atoms with E-state index in [1.807, 2.05) is 87.0 Å². The fraction of sp³-hybridized carbons (Fsp3) is 0.317. The number of carbonyl (C=O) groups excluding carboxylic acids is 2. The van der Waals surface area contributed by atoms with Crippen LogP contribution in [0.25, 0.3) is 21.3 Å². The standard InChI is InChI=1S/C41H42N8O3S/c1-26-35(30-15-11-20-42-36(30)39(51)52-41(2,3)4)38(49(46-26)24-28-13-10-18-34(43-28)47-21-7-8-22-47)48-23-19-27-12-9-14-29(31(27)25-48)37(50)45-40-44-32-16-5-6-17-33(32)53-40/h5-6,9-18,20H,7-8,19,21-25H2,1-4H3,(H,44,45,50). The molecule has 0 aliphatic carbocycles. The number of aryl methyl sites for hydroxylation is 1. The number of amides is 1. The van der Waals surface area contributed by atoms with Gasteiger partial charge in [-0.25, -0.2) is 24.4 Å². The molecule has 0 unspecified atom stereocenters. The molecule has 8 rings (SSSR count). The Bertz CT molecular complexity index is 2300. The van der Waals surface area contributed by atoms with E-state index in [9.17, 15) is 9.59 Å². The van der Waals surface area contributed by atoms with Crippen molar-refractivity contribution in [2.45, 2.75) is 65.6 Å². The molecular weight excluding hydrogens is 685 g/mol. The maximum Gasteiger partial charge on any atom is 0.358 e. The second-order valence-electron chi connectivity index (χ2n) is 14.6. The van der Waals surface area contributed by atoms with Gasteiger partial charge in [0, 0.05) is 49.1 Å². The van der Waals surface area contributed by atoms with Crippen LogP contribution in [0.3, 0.4) is 0 Å². The van der Waals surface area contributed by atoms with Gasteiger partial charge in [-0.15, -0.1) is 0 Å². The van der Waals surface area contributed by atoms with Crippen LogP contribution in [-0.2, 0) is 24.2 Å². The third-order valence-corrected chi connectivity index (χ3v) is 10.6. The van der Waals surface area contributed by atoms with E-state index >= 15 is 0 Å². The molecule has 2 aliphatic rings. The first-order valence-electron chi connectivity index (χ1n) is 18.1. The number of para-hydroxylation sites is 1. The number of anilines is 3. The van der Waals surface area contributed by atoms with Crippen molar-refractivity contribution < 1.29 is 14.3 Å². The largest absolute Gasteiger partial charge is 0.455 e. The summed E-state index contributed by atoms with van der Waals surface area (Å²) in [6.45, 7) is 11.1. The van der Waals surface area contributed by atoms with Gasteiger partial charge in [0.25, 0.3) is 5.91 Å². The Labute approximate surface area is 312 Å². The number of esters is 1. The van der Waals surface area contributed by atoms with Gasteiger partial charge >= 0.3 is 5.97 Å². The van der Waals surface area contributed by atoms with Gasteiger partial charge < -0.3 is 14.5 Å². The number of pyridine rings is 2. The molecule has 11 nitrogen and oxygen atoms in total. The van der Waals surface area contributed by atoms with Crippen molar-refractivity contribution in [2.75, 3.05) is 34.8 Å². The summed E-state index contributed by atoms with van der Waals surface area (Å²) in [5.41, 5.74) is 6.14. The SMILES string of the molecule is Cc1nn(Cc2cccc(N3CCCC3)n2)c(N2CCc3cccc(C(=O)Nc4nc5ccccc5s4)c3C2)c1-c1cccnc1C(=O)OC(C)(C)C. The highest BCUT2D eigenvalue weighted by Crippen LogP contribution is 2.39. The first-order chi connectivity index (χ1) is 25.6. The highest BCUT2D eigenvalue weighted by atomic mass is 32.1. The summed E-state index contributed by atoms with van der Waals surface area (Å²) in [6, 6.07) is 23.7. The summed E-state index contributed by atoms with van der Waals surface area (Å²) in [5.74, 6) is 1.11. The smallest absolute Gasteiger partial charge is 0.358 e. The molecule has 12 heteroatoms. The molecule has 0 atom stereocenters. The lowest BCUT2D eigenvalue weighted by molar-refractivity contribution is 0.00637. The minimum absolute atomic E-state index is 0.199. The number of rotatable bonds is 8. The molecule has 1 amide bonds. The van der Waals surface area contributed by atoms with Crippen molar-refractivity contribution in [3.8, 4) is 11.1 Å². The van der Waals surface area contributed by atoms with Gasteiger partial charge in [0.05, 0.1) is 28.1 Å². The Kier molecular flexibility index (Phi) is 9.15. The zero-order chi connectivity index (χ0) is 36.7. The first-order valence-corrected chi connectivity index (χ1v) is 18.9. The van der Waals surface area contributed by atoms with Crippen LogP contribution in [0, 0.1) is 6.92 Å². The van der Waals surface area contributed by atoms with Crippen molar-refractivity contribution in [1.82, 2.24) is 24.7 Å². The Balaban J connectivity index is 1.19. The number of fused-ring (bicyclic) bond motifs is 2. The predicted molar refractivity (Wildman–Crippen MR) is 209 cm³/mol. The number of ether oxygens (including phenoxy) is 1. The van der Waals surface area contributed by atoms with Gasteiger partial charge in [0.1, 0.15) is 17.2 Å². The van der Waals surface area contributed by atoms with E-state index in [0.717, 1.165) is 69.4 Å². The molecule has 2 aliphatic heterocycles.